The molecule has 2 unspecified atom stereocenters. The molecule has 0 N–H and O–H groups in total. The highest BCUT2D eigenvalue weighted by molar-refractivity contribution is 5.99. The number of Topliss-reactive ketones (excluding diaryl/α,β-unsaturated/α-hetero) is 1. The lowest BCUT2D eigenvalue weighted by Crippen LogP contribution is -2.30. The number of esters is 1. The molecule has 0 aliphatic heterocycles. The molecule has 0 amide bonds. The van der Waals surface area contributed by atoms with Crippen LogP contribution in [0.15, 0.2) is 0 Å². The average molecular weight is 803 g/mol. The Labute approximate surface area is 360 Å². The Kier molecular flexibility index (Phi) is 47.1. The van der Waals surface area contributed by atoms with Gasteiger partial charge in [0.05, 0.1) is 0 Å². The summed E-state index contributed by atoms with van der Waals surface area (Å²) in [5, 5.41) is 0. The lowest BCUT2D eigenvalue weighted by molar-refractivity contribution is -0.158. The van der Waals surface area contributed by atoms with Gasteiger partial charge in [-0.25, -0.2) is 0 Å². The number of carbonyl (C=O) groups is 2. The molecule has 0 fully saturated rings. The summed E-state index contributed by atoms with van der Waals surface area (Å²) in [4.78, 5) is 27.5. The van der Waals surface area contributed by atoms with Crippen LogP contribution in [0.5, 0.6) is 0 Å². The first-order chi connectivity index (χ1) is 28.1. The second-order valence-corrected chi connectivity index (χ2v) is 18.6. The van der Waals surface area contributed by atoms with E-state index in [1.165, 1.54) is 231 Å². The van der Waals surface area contributed by atoms with Crippen molar-refractivity contribution in [3.63, 3.8) is 0 Å². The third-order valence-corrected chi connectivity index (χ3v) is 12.8. The van der Waals surface area contributed by atoms with Crippen LogP contribution >= 0.6 is 0 Å². The van der Waals surface area contributed by atoms with Gasteiger partial charge in [-0.1, -0.05) is 278 Å². The number of hydrogen-bond acceptors (Lipinski definition) is 3. The fourth-order valence-corrected chi connectivity index (χ4v) is 8.79. The second kappa shape index (κ2) is 47.8. The number of unbranched alkanes of at least 4 members (excludes halogenated alkanes) is 38. The minimum atomic E-state index is -0.546. The molecule has 0 saturated carbocycles. The van der Waals surface area contributed by atoms with Crippen LogP contribution < -0.4 is 0 Å². The first-order valence-corrected chi connectivity index (χ1v) is 26.8. The number of ether oxygens (including phenoxy) is 1. The third kappa shape index (κ3) is 41.7. The third-order valence-electron chi connectivity index (χ3n) is 12.8. The molecule has 0 aliphatic carbocycles. The lowest BCUT2D eigenvalue weighted by Gasteiger charge is -2.22. The molecule has 0 bridgehead atoms. The number of carbonyl (C=O) groups excluding carboxylic acids is 2. The van der Waals surface area contributed by atoms with Gasteiger partial charge in [0.15, 0.2) is 0 Å². The zero-order valence-corrected chi connectivity index (χ0v) is 39.9. The molecule has 0 radical (unpaired) electrons. The Morgan fingerprint density at radius 2 is 0.526 bits per heavy atom. The van der Waals surface area contributed by atoms with E-state index in [2.05, 4.69) is 27.7 Å². The van der Waals surface area contributed by atoms with Crippen molar-refractivity contribution in [1.29, 1.82) is 0 Å². The highest BCUT2D eigenvalue weighted by atomic mass is 16.5. The van der Waals surface area contributed by atoms with Gasteiger partial charge in [0.1, 0.15) is 17.8 Å². The smallest absolute Gasteiger partial charge is 0.316 e. The van der Waals surface area contributed by atoms with Crippen molar-refractivity contribution < 1.29 is 14.3 Å². The Bertz CT molecular complexity index is 792. The molecule has 0 rings (SSSR count). The zero-order chi connectivity index (χ0) is 41.5. The molecule has 0 heterocycles. The minimum Gasteiger partial charge on any atom is -0.462 e. The highest BCUT2D eigenvalue weighted by Gasteiger charge is 2.29. The predicted molar refractivity (Wildman–Crippen MR) is 253 cm³/mol. The van der Waals surface area contributed by atoms with Gasteiger partial charge in [-0.3, -0.25) is 9.59 Å². The van der Waals surface area contributed by atoms with Crippen LogP contribution in [-0.4, -0.2) is 17.9 Å². The molecular formula is C54H106O3. The van der Waals surface area contributed by atoms with Crippen molar-refractivity contribution in [2.45, 2.75) is 329 Å². The molecule has 2 atom stereocenters. The summed E-state index contributed by atoms with van der Waals surface area (Å²) in [6.45, 7) is 9.12. The maximum atomic E-state index is 13.8. The molecule has 0 saturated heterocycles. The van der Waals surface area contributed by atoms with Gasteiger partial charge in [0.25, 0.3) is 0 Å². The summed E-state index contributed by atoms with van der Waals surface area (Å²) in [6, 6.07) is 0. The molecule has 3 nitrogen and oxygen atoms in total. The Hall–Kier alpha value is -0.860. The summed E-state index contributed by atoms with van der Waals surface area (Å²) in [5.41, 5.74) is 0. The van der Waals surface area contributed by atoms with Crippen molar-refractivity contribution in [1.82, 2.24) is 0 Å². The van der Waals surface area contributed by atoms with Crippen LogP contribution in [0.4, 0.5) is 0 Å². The quantitative estimate of drug-likeness (QED) is 0.0350. The maximum absolute atomic E-state index is 13.8. The molecular weight excluding hydrogens is 697 g/mol. The van der Waals surface area contributed by atoms with E-state index in [0.29, 0.717) is 12.8 Å². The van der Waals surface area contributed by atoms with Gasteiger partial charge < -0.3 is 4.74 Å². The fraction of sp³-hybridized carbons (Fsp3) is 0.963. The summed E-state index contributed by atoms with van der Waals surface area (Å²) in [7, 11) is 0. The molecule has 0 aromatic heterocycles. The Morgan fingerprint density at radius 3 is 0.825 bits per heavy atom. The minimum absolute atomic E-state index is 0.0173. The SMILES string of the molecule is CCCCCCCCCCCCCCCCCC(=O)C(CCCCCCCCCCCCCCCC)C(=O)OC(CCCCCC)CCCCCCCCCCC. The monoisotopic (exact) mass is 803 g/mol. The van der Waals surface area contributed by atoms with Crippen molar-refractivity contribution in [3.05, 3.63) is 0 Å². The predicted octanol–water partition coefficient (Wildman–Crippen LogP) is 19.1. The van der Waals surface area contributed by atoms with Gasteiger partial charge in [-0.05, 0) is 38.5 Å². The summed E-state index contributed by atoms with van der Waals surface area (Å²) < 4.78 is 6.32. The highest BCUT2D eigenvalue weighted by Crippen LogP contribution is 2.23. The summed E-state index contributed by atoms with van der Waals surface area (Å²) in [5.74, 6) is -0.570. The normalized spacial score (nSPS) is 12.6. The van der Waals surface area contributed by atoms with Crippen molar-refractivity contribution in [2.24, 2.45) is 5.92 Å². The van der Waals surface area contributed by atoms with E-state index in [4.69, 9.17) is 4.74 Å². The van der Waals surface area contributed by atoms with Crippen LogP contribution in [0, 0.1) is 5.92 Å². The van der Waals surface area contributed by atoms with Gasteiger partial charge in [0.2, 0.25) is 0 Å². The molecule has 0 aromatic carbocycles. The molecule has 0 aromatic rings. The number of hydrogen-bond donors (Lipinski definition) is 0. The van der Waals surface area contributed by atoms with E-state index in [1.54, 1.807) is 0 Å². The van der Waals surface area contributed by atoms with E-state index >= 15 is 0 Å². The van der Waals surface area contributed by atoms with E-state index in [9.17, 15) is 9.59 Å². The molecule has 0 aliphatic rings. The second-order valence-electron chi connectivity index (χ2n) is 18.6. The summed E-state index contributed by atoms with van der Waals surface area (Å²) >= 11 is 0. The zero-order valence-electron chi connectivity index (χ0n) is 39.9. The first-order valence-electron chi connectivity index (χ1n) is 26.8. The molecule has 0 spiro atoms. The van der Waals surface area contributed by atoms with E-state index in [1.807, 2.05) is 0 Å². The summed E-state index contributed by atoms with van der Waals surface area (Å²) in [6.07, 6.45) is 58.1. The van der Waals surface area contributed by atoms with E-state index in [-0.39, 0.29) is 17.9 Å². The maximum Gasteiger partial charge on any atom is 0.316 e. The van der Waals surface area contributed by atoms with Crippen LogP contribution in [0.25, 0.3) is 0 Å². The van der Waals surface area contributed by atoms with Crippen LogP contribution in [0.3, 0.4) is 0 Å². The average Bonchev–Trinajstić information content (AvgIpc) is 3.21. The van der Waals surface area contributed by atoms with Crippen LogP contribution in [-0.2, 0) is 14.3 Å². The molecule has 3 heteroatoms. The number of rotatable bonds is 49. The van der Waals surface area contributed by atoms with Gasteiger partial charge in [-0.2, -0.15) is 0 Å². The fourth-order valence-electron chi connectivity index (χ4n) is 8.79. The Morgan fingerprint density at radius 1 is 0.298 bits per heavy atom. The van der Waals surface area contributed by atoms with E-state index < -0.39 is 5.92 Å². The van der Waals surface area contributed by atoms with Crippen molar-refractivity contribution >= 4 is 11.8 Å². The molecule has 57 heavy (non-hydrogen) atoms. The largest absolute Gasteiger partial charge is 0.462 e. The van der Waals surface area contributed by atoms with Gasteiger partial charge in [0, 0.05) is 6.42 Å². The number of ketones is 1. The topological polar surface area (TPSA) is 43.4 Å². The van der Waals surface area contributed by atoms with Crippen molar-refractivity contribution in [3.8, 4) is 0 Å². The van der Waals surface area contributed by atoms with E-state index in [0.717, 1.165) is 51.4 Å². The first kappa shape index (κ1) is 56.1. The van der Waals surface area contributed by atoms with Crippen LogP contribution in [0.2, 0.25) is 0 Å². The standard InChI is InChI=1S/C54H106O3/c1-5-9-13-17-20-23-25-27-29-31-33-36-39-42-46-50-53(55)52(49-45-41-38-35-32-30-28-26-24-21-18-14-10-6-2)54(56)57-51(47-43-16-12-8-4)48-44-40-37-34-22-19-15-11-7-3/h51-52H,5-50H2,1-4H3. The van der Waals surface area contributed by atoms with Gasteiger partial charge >= 0.3 is 5.97 Å². The lowest BCUT2D eigenvalue weighted by atomic mass is 9.92. The van der Waals surface area contributed by atoms with Gasteiger partial charge in [-0.15, -0.1) is 0 Å². The molecule has 340 valence electrons. The van der Waals surface area contributed by atoms with Crippen molar-refractivity contribution in [2.75, 3.05) is 0 Å². The van der Waals surface area contributed by atoms with Crippen LogP contribution in [0.1, 0.15) is 323 Å². The Balaban J connectivity index is 4.75.